The maximum Gasteiger partial charge on any atom is 0.167 e. The molecule has 5 nitrogen and oxygen atoms in total. The topological polar surface area (TPSA) is 53.1 Å². The molecule has 0 atom stereocenters. The minimum Gasteiger partial charge on any atom is -0.494 e. The van der Waals surface area contributed by atoms with Crippen molar-refractivity contribution in [3.63, 3.8) is 0 Å². The molecule has 0 aliphatic carbocycles. The Labute approximate surface area is 125 Å². The monoisotopic (exact) mass is 309 g/mol. The van der Waals surface area contributed by atoms with Crippen molar-refractivity contribution in [2.75, 3.05) is 7.11 Å². The van der Waals surface area contributed by atoms with Crippen LogP contribution in [0.15, 0.2) is 22.7 Å². The zero-order chi connectivity index (χ0) is 15.0. The zero-order valence-electron chi connectivity index (χ0n) is 11.6. The molecule has 0 aliphatic heterocycles. The molecule has 7 heteroatoms. The van der Waals surface area contributed by atoms with Crippen LogP contribution in [0, 0.1) is 12.7 Å². The number of alkyl halides is 1. The first-order chi connectivity index (χ1) is 10.1. The largest absolute Gasteiger partial charge is 0.494 e. The Morgan fingerprint density at radius 3 is 2.81 bits per heavy atom. The van der Waals surface area contributed by atoms with E-state index >= 15 is 0 Å². The number of methoxy groups -OCH3 is 1. The first-order valence-electron chi connectivity index (χ1n) is 6.33. The molecule has 3 rings (SSSR count). The predicted molar refractivity (Wildman–Crippen MR) is 76.1 cm³/mol. The second-order valence-electron chi connectivity index (χ2n) is 4.65. The standard InChI is InChI=1S/C14H13ClFN3O2/c1-8-3-9(18-21-8)7-19-12-5-13(20-2)10(16)4-11(12)17-14(19)6-15/h3-5H,6-7H2,1-2H3. The second-order valence-corrected chi connectivity index (χ2v) is 4.92. The summed E-state index contributed by atoms with van der Waals surface area (Å²) in [6, 6.07) is 4.79. The summed E-state index contributed by atoms with van der Waals surface area (Å²) in [5.74, 6) is 1.30. The molecule has 1 aromatic carbocycles. The van der Waals surface area contributed by atoms with Gasteiger partial charge in [-0.1, -0.05) is 5.16 Å². The molecule has 0 N–H and O–H groups in total. The number of aromatic nitrogens is 3. The van der Waals surface area contributed by atoms with Crippen molar-refractivity contribution < 1.29 is 13.7 Å². The molecule has 2 heterocycles. The van der Waals surface area contributed by atoms with E-state index in [4.69, 9.17) is 20.9 Å². The minimum absolute atomic E-state index is 0.168. The molecule has 0 saturated heterocycles. The van der Waals surface area contributed by atoms with E-state index in [0.717, 1.165) is 17.0 Å². The third-order valence-electron chi connectivity index (χ3n) is 3.22. The van der Waals surface area contributed by atoms with Crippen LogP contribution >= 0.6 is 11.6 Å². The summed E-state index contributed by atoms with van der Waals surface area (Å²) in [5, 5.41) is 3.96. The van der Waals surface area contributed by atoms with E-state index in [1.54, 1.807) is 6.07 Å². The molecule has 21 heavy (non-hydrogen) atoms. The molecule has 0 amide bonds. The number of hydrogen-bond donors (Lipinski definition) is 0. The van der Waals surface area contributed by atoms with E-state index in [1.165, 1.54) is 13.2 Å². The van der Waals surface area contributed by atoms with Crippen molar-refractivity contribution in [3.8, 4) is 5.75 Å². The van der Waals surface area contributed by atoms with E-state index < -0.39 is 5.82 Å². The minimum atomic E-state index is -0.451. The van der Waals surface area contributed by atoms with Gasteiger partial charge >= 0.3 is 0 Å². The van der Waals surface area contributed by atoms with Gasteiger partial charge in [0.2, 0.25) is 0 Å². The van der Waals surface area contributed by atoms with E-state index in [9.17, 15) is 4.39 Å². The van der Waals surface area contributed by atoms with E-state index in [2.05, 4.69) is 10.1 Å². The Kier molecular flexibility index (Phi) is 3.55. The average Bonchev–Trinajstić information content (AvgIpc) is 3.02. The molecule has 110 valence electrons. The Hall–Kier alpha value is -2.08. The van der Waals surface area contributed by atoms with Crippen molar-refractivity contribution in [1.82, 2.24) is 14.7 Å². The molecule has 0 unspecified atom stereocenters. The van der Waals surface area contributed by atoms with Crippen LogP contribution in [0.4, 0.5) is 4.39 Å². The van der Waals surface area contributed by atoms with Gasteiger partial charge in [-0.3, -0.25) is 0 Å². The van der Waals surface area contributed by atoms with Crippen LogP contribution < -0.4 is 4.74 Å². The number of benzene rings is 1. The van der Waals surface area contributed by atoms with Crippen LogP contribution in [0.1, 0.15) is 17.3 Å². The van der Waals surface area contributed by atoms with Gasteiger partial charge in [0.15, 0.2) is 11.6 Å². The van der Waals surface area contributed by atoms with Crippen LogP contribution in [0.25, 0.3) is 11.0 Å². The number of halogens is 2. The van der Waals surface area contributed by atoms with Gasteiger partial charge in [-0.05, 0) is 6.92 Å². The Morgan fingerprint density at radius 2 is 2.19 bits per heavy atom. The van der Waals surface area contributed by atoms with Gasteiger partial charge in [0, 0.05) is 18.2 Å². The number of fused-ring (bicyclic) bond motifs is 1. The summed E-state index contributed by atoms with van der Waals surface area (Å²) in [6.07, 6.45) is 0. The summed E-state index contributed by atoms with van der Waals surface area (Å²) in [5.41, 5.74) is 2.02. The van der Waals surface area contributed by atoms with Gasteiger partial charge in [-0.15, -0.1) is 11.6 Å². The molecule has 0 bridgehead atoms. The number of rotatable bonds is 4. The summed E-state index contributed by atoms with van der Waals surface area (Å²) in [7, 11) is 1.43. The molecule has 0 aliphatic rings. The van der Waals surface area contributed by atoms with Gasteiger partial charge in [0.1, 0.15) is 17.3 Å². The highest BCUT2D eigenvalue weighted by molar-refractivity contribution is 6.16. The third-order valence-corrected chi connectivity index (χ3v) is 3.46. The van der Waals surface area contributed by atoms with Crippen molar-refractivity contribution in [2.24, 2.45) is 0 Å². The first-order valence-corrected chi connectivity index (χ1v) is 6.86. The molecular weight excluding hydrogens is 297 g/mol. The van der Waals surface area contributed by atoms with Crippen LogP contribution in [0.2, 0.25) is 0 Å². The summed E-state index contributed by atoms with van der Waals surface area (Å²) in [4.78, 5) is 4.35. The Bertz CT molecular complexity index is 797. The lowest BCUT2D eigenvalue weighted by atomic mass is 10.2. The smallest absolute Gasteiger partial charge is 0.167 e. The Morgan fingerprint density at radius 1 is 1.38 bits per heavy atom. The summed E-state index contributed by atoms with van der Waals surface area (Å²) in [6.45, 7) is 2.27. The third kappa shape index (κ3) is 2.47. The molecule has 0 spiro atoms. The fraction of sp³-hybridized carbons (Fsp3) is 0.286. The normalized spacial score (nSPS) is 11.2. The van der Waals surface area contributed by atoms with Gasteiger partial charge in [0.25, 0.3) is 0 Å². The summed E-state index contributed by atoms with van der Waals surface area (Å²) >= 11 is 5.94. The quantitative estimate of drug-likeness (QED) is 0.694. The average molecular weight is 310 g/mol. The van der Waals surface area contributed by atoms with Crippen molar-refractivity contribution in [1.29, 1.82) is 0 Å². The van der Waals surface area contributed by atoms with Gasteiger partial charge in [-0.25, -0.2) is 9.37 Å². The number of aryl methyl sites for hydroxylation is 1. The Balaban J connectivity index is 2.14. The predicted octanol–water partition coefficient (Wildman–Crippen LogP) is 3.27. The molecule has 0 fully saturated rings. The van der Waals surface area contributed by atoms with Crippen LogP contribution in [0.3, 0.4) is 0 Å². The highest BCUT2D eigenvalue weighted by atomic mass is 35.5. The lowest BCUT2D eigenvalue weighted by Crippen LogP contribution is -2.04. The molecule has 3 aromatic rings. The maximum atomic E-state index is 13.8. The number of hydrogen-bond acceptors (Lipinski definition) is 4. The first kappa shape index (κ1) is 13.9. The van der Waals surface area contributed by atoms with Crippen molar-refractivity contribution in [2.45, 2.75) is 19.3 Å². The fourth-order valence-corrected chi connectivity index (χ4v) is 2.47. The van der Waals surface area contributed by atoms with Crippen LogP contribution in [0.5, 0.6) is 5.75 Å². The van der Waals surface area contributed by atoms with Crippen molar-refractivity contribution >= 4 is 22.6 Å². The summed E-state index contributed by atoms with van der Waals surface area (Å²) < 4.78 is 25.7. The molecule has 0 saturated carbocycles. The molecular formula is C14H13ClFN3O2. The maximum absolute atomic E-state index is 13.8. The van der Waals surface area contributed by atoms with E-state index in [0.29, 0.717) is 17.9 Å². The lowest BCUT2D eigenvalue weighted by Gasteiger charge is -2.06. The molecule has 2 aromatic heterocycles. The number of ether oxygens (including phenoxy) is 1. The van der Waals surface area contributed by atoms with E-state index in [1.807, 2.05) is 17.6 Å². The van der Waals surface area contributed by atoms with Crippen LogP contribution in [-0.4, -0.2) is 21.8 Å². The molecule has 0 radical (unpaired) electrons. The fourth-order valence-electron chi connectivity index (χ4n) is 2.27. The van der Waals surface area contributed by atoms with Gasteiger partial charge < -0.3 is 13.8 Å². The van der Waals surface area contributed by atoms with Crippen molar-refractivity contribution in [3.05, 3.63) is 41.3 Å². The van der Waals surface area contributed by atoms with Gasteiger partial charge in [0.05, 0.1) is 30.6 Å². The van der Waals surface area contributed by atoms with Crippen LogP contribution in [-0.2, 0) is 12.4 Å². The highest BCUT2D eigenvalue weighted by Crippen LogP contribution is 2.26. The SMILES string of the molecule is COc1cc2c(cc1F)nc(CCl)n2Cc1cc(C)on1. The highest BCUT2D eigenvalue weighted by Gasteiger charge is 2.15. The van der Waals surface area contributed by atoms with E-state index in [-0.39, 0.29) is 11.6 Å². The van der Waals surface area contributed by atoms with Gasteiger partial charge in [-0.2, -0.15) is 0 Å². The zero-order valence-corrected chi connectivity index (χ0v) is 12.3. The number of imidazole rings is 1. The lowest BCUT2D eigenvalue weighted by molar-refractivity contribution is 0.386. The second kappa shape index (κ2) is 5.37. The number of nitrogens with zero attached hydrogens (tertiary/aromatic N) is 3.